The zero-order valence-corrected chi connectivity index (χ0v) is 9.78. The van der Waals surface area contributed by atoms with Crippen molar-refractivity contribution in [3.8, 4) is 5.88 Å². The van der Waals surface area contributed by atoms with Gasteiger partial charge in [-0.15, -0.1) is 0 Å². The van der Waals surface area contributed by atoms with Crippen molar-refractivity contribution in [1.29, 1.82) is 0 Å². The van der Waals surface area contributed by atoms with Crippen molar-refractivity contribution in [3.63, 3.8) is 0 Å². The van der Waals surface area contributed by atoms with E-state index >= 15 is 0 Å². The molecular weight excluding hydrogens is 206 g/mol. The van der Waals surface area contributed by atoms with Gasteiger partial charge in [0.05, 0.1) is 12.5 Å². The Bertz CT molecular complexity index is 377. The number of nitrogens with one attached hydrogen (secondary N) is 1. The summed E-state index contributed by atoms with van der Waals surface area (Å²) in [6.45, 7) is 4.05. The van der Waals surface area contributed by atoms with E-state index in [0.717, 1.165) is 5.69 Å². The first-order valence-electron chi connectivity index (χ1n) is 4.99. The molecule has 16 heavy (non-hydrogen) atoms. The third-order valence-corrected chi connectivity index (χ3v) is 2.35. The number of hydrogen-bond donors (Lipinski definition) is 2. The first-order chi connectivity index (χ1) is 7.45. The summed E-state index contributed by atoms with van der Waals surface area (Å²) in [7, 11) is 1.56. The molecule has 0 saturated carbocycles. The number of aromatic nitrogens is 1. The van der Waals surface area contributed by atoms with E-state index in [-0.39, 0.29) is 5.91 Å². The lowest BCUT2D eigenvalue weighted by molar-refractivity contribution is -0.125. The predicted molar refractivity (Wildman–Crippen MR) is 62.3 cm³/mol. The Balaban J connectivity index is 2.64. The molecule has 0 spiro atoms. The number of hydrogen-bond acceptors (Lipinski definition) is 4. The average molecular weight is 223 g/mol. The lowest BCUT2D eigenvalue weighted by atomic mass is 9.93. The Hall–Kier alpha value is -1.78. The zero-order valence-electron chi connectivity index (χ0n) is 9.78. The van der Waals surface area contributed by atoms with E-state index in [4.69, 9.17) is 10.5 Å². The minimum absolute atomic E-state index is 0.332. The van der Waals surface area contributed by atoms with Crippen LogP contribution in [-0.2, 0) is 4.79 Å². The van der Waals surface area contributed by atoms with Crippen LogP contribution in [0.2, 0.25) is 0 Å². The van der Waals surface area contributed by atoms with Gasteiger partial charge >= 0.3 is 0 Å². The van der Waals surface area contributed by atoms with Crippen LogP contribution in [0.1, 0.15) is 13.8 Å². The number of carbonyl (C=O) groups is 1. The molecule has 3 N–H and O–H groups in total. The van der Waals surface area contributed by atoms with Crippen LogP contribution in [0.15, 0.2) is 18.3 Å². The summed E-state index contributed by atoms with van der Waals surface area (Å²) in [4.78, 5) is 15.1. The molecule has 0 atom stereocenters. The first-order valence-corrected chi connectivity index (χ1v) is 4.99. The second-order valence-corrected chi connectivity index (χ2v) is 4.19. The monoisotopic (exact) mass is 223 g/mol. The van der Waals surface area contributed by atoms with Gasteiger partial charge in [0.2, 0.25) is 11.8 Å². The van der Waals surface area contributed by atoms with E-state index in [1.165, 1.54) is 0 Å². The summed E-state index contributed by atoms with van der Waals surface area (Å²) in [5.74, 6) is 0.197. The number of pyridine rings is 1. The lowest BCUT2D eigenvalue weighted by Gasteiger charge is -2.21. The van der Waals surface area contributed by atoms with Crippen molar-refractivity contribution in [2.45, 2.75) is 13.8 Å². The highest BCUT2D eigenvalue weighted by atomic mass is 16.5. The number of primary amides is 1. The van der Waals surface area contributed by atoms with Crippen molar-refractivity contribution < 1.29 is 9.53 Å². The molecule has 5 nitrogen and oxygen atoms in total. The van der Waals surface area contributed by atoms with Gasteiger partial charge in [-0.3, -0.25) is 4.79 Å². The van der Waals surface area contributed by atoms with Crippen LogP contribution in [0.25, 0.3) is 0 Å². The number of rotatable bonds is 5. The Morgan fingerprint density at radius 3 is 2.88 bits per heavy atom. The van der Waals surface area contributed by atoms with Gasteiger partial charge in [0.1, 0.15) is 0 Å². The number of nitrogens with zero attached hydrogens (tertiary/aromatic N) is 1. The molecule has 0 unspecified atom stereocenters. The van der Waals surface area contributed by atoms with Gasteiger partial charge < -0.3 is 15.8 Å². The molecule has 0 fully saturated rings. The van der Waals surface area contributed by atoms with Crippen LogP contribution in [-0.4, -0.2) is 24.5 Å². The van der Waals surface area contributed by atoms with Gasteiger partial charge in [-0.2, -0.15) is 0 Å². The molecule has 1 amide bonds. The van der Waals surface area contributed by atoms with E-state index in [9.17, 15) is 4.79 Å². The zero-order chi connectivity index (χ0) is 12.2. The minimum atomic E-state index is -0.587. The quantitative estimate of drug-likeness (QED) is 0.781. The van der Waals surface area contributed by atoms with E-state index in [1.54, 1.807) is 39.3 Å². The van der Waals surface area contributed by atoms with Crippen molar-refractivity contribution in [2.75, 3.05) is 19.0 Å². The van der Waals surface area contributed by atoms with E-state index < -0.39 is 5.41 Å². The van der Waals surface area contributed by atoms with Crippen molar-refractivity contribution >= 4 is 11.6 Å². The number of anilines is 1. The molecule has 0 aliphatic rings. The molecule has 1 aromatic heterocycles. The molecule has 1 heterocycles. The smallest absolute Gasteiger partial charge is 0.224 e. The molecule has 1 rings (SSSR count). The number of nitrogens with two attached hydrogens (primary N) is 1. The second kappa shape index (κ2) is 4.83. The van der Waals surface area contributed by atoms with Gasteiger partial charge in [-0.25, -0.2) is 4.98 Å². The minimum Gasteiger partial charge on any atom is -0.481 e. The molecule has 0 bridgehead atoms. The third-order valence-electron chi connectivity index (χ3n) is 2.35. The fraction of sp³-hybridized carbons (Fsp3) is 0.455. The fourth-order valence-corrected chi connectivity index (χ4v) is 1.04. The molecule has 5 heteroatoms. The summed E-state index contributed by atoms with van der Waals surface area (Å²) in [5.41, 5.74) is 5.54. The molecular formula is C11H17N3O2. The van der Waals surface area contributed by atoms with Crippen LogP contribution in [0.5, 0.6) is 5.88 Å². The van der Waals surface area contributed by atoms with Gasteiger partial charge in [-0.05, 0) is 19.9 Å². The van der Waals surface area contributed by atoms with Crippen LogP contribution in [0.4, 0.5) is 5.69 Å². The van der Waals surface area contributed by atoms with Crippen LogP contribution >= 0.6 is 0 Å². The van der Waals surface area contributed by atoms with Crippen LogP contribution in [0.3, 0.4) is 0 Å². The summed E-state index contributed by atoms with van der Waals surface area (Å²) in [5, 5.41) is 3.12. The Kier molecular flexibility index (Phi) is 3.71. The molecule has 0 aliphatic carbocycles. The normalized spacial score (nSPS) is 10.9. The van der Waals surface area contributed by atoms with E-state index in [2.05, 4.69) is 10.3 Å². The Labute approximate surface area is 95.0 Å². The largest absolute Gasteiger partial charge is 0.481 e. The van der Waals surface area contributed by atoms with Crippen LogP contribution in [0, 0.1) is 5.41 Å². The van der Waals surface area contributed by atoms with Crippen molar-refractivity contribution in [3.05, 3.63) is 18.3 Å². The standard InChI is InChI=1S/C11H17N3O2/c1-11(2,10(12)15)7-14-8-4-5-13-9(6-8)16-3/h4-6H,7H2,1-3H3,(H2,12,15)(H,13,14). The highest BCUT2D eigenvalue weighted by molar-refractivity contribution is 5.80. The lowest BCUT2D eigenvalue weighted by Crippen LogP contribution is -2.37. The van der Waals surface area contributed by atoms with Gasteiger partial charge in [0.15, 0.2) is 0 Å². The van der Waals surface area contributed by atoms with Crippen molar-refractivity contribution in [2.24, 2.45) is 11.1 Å². The summed E-state index contributed by atoms with van der Waals surface area (Å²) in [6, 6.07) is 3.57. The van der Waals surface area contributed by atoms with Gasteiger partial charge in [0.25, 0.3) is 0 Å². The molecule has 1 aromatic rings. The number of ether oxygens (including phenoxy) is 1. The SMILES string of the molecule is COc1cc(NCC(C)(C)C(N)=O)ccn1. The number of methoxy groups -OCH3 is 1. The van der Waals surface area contributed by atoms with E-state index in [1.807, 2.05) is 0 Å². The maximum absolute atomic E-state index is 11.1. The number of carbonyl (C=O) groups excluding carboxylic acids is 1. The maximum atomic E-state index is 11.1. The highest BCUT2D eigenvalue weighted by Gasteiger charge is 2.24. The summed E-state index contributed by atoms with van der Waals surface area (Å²) in [6.07, 6.45) is 1.64. The fourth-order valence-electron chi connectivity index (χ4n) is 1.04. The molecule has 0 aliphatic heterocycles. The van der Waals surface area contributed by atoms with Gasteiger partial charge in [0, 0.05) is 24.5 Å². The summed E-state index contributed by atoms with van der Waals surface area (Å²) < 4.78 is 4.99. The van der Waals surface area contributed by atoms with Crippen molar-refractivity contribution in [1.82, 2.24) is 4.98 Å². The topological polar surface area (TPSA) is 77.2 Å². The Morgan fingerprint density at radius 2 is 2.31 bits per heavy atom. The van der Waals surface area contributed by atoms with E-state index in [0.29, 0.717) is 12.4 Å². The highest BCUT2D eigenvalue weighted by Crippen LogP contribution is 2.18. The molecule has 0 aromatic carbocycles. The molecule has 88 valence electrons. The van der Waals surface area contributed by atoms with Gasteiger partial charge in [-0.1, -0.05) is 0 Å². The predicted octanol–water partition coefficient (Wildman–Crippen LogP) is 1.01. The third kappa shape index (κ3) is 3.12. The molecule has 0 radical (unpaired) electrons. The molecule has 0 saturated heterocycles. The Morgan fingerprint density at radius 1 is 1.62 bits per heavy atom. The number of amides is 1. The second-order valence-electron chi connectivity index (χ2n) is 4.19. The maximum Gasteiger partial charge on any atom is 0.224 e. The first kappa shape index (κ1) is 12.3. The average Bonchev–Trinajstić information content (AvgIpc) is 2.26. The summed E-state index contributed by atoms with van der Waals surface area (Å²) >= 11 is 0. The van der Waals surface area contributed by atoms with Crippen LogP contribution < -0.4 is 15.8 Å².